The molecule has 4 atom stereocenters. The van der Waals surface area contributed by atoms with Crippen molar-refractivity contribution in [3.8, 4) is 0 Å². The Bertz CT molecular complexity index is 253. The van der Waals surface area contributed by atoms with Crippen LogP contribution >= 0.6 is 21.6 Å². The van der Waals surface area contributed by atoms with Crippen LogP contribution in [0.3, 0.4) is 0 Å². The zero-order valence-corrected chi connectivity index (χ0v) is 19.1. The summed E-state index contributed by atoms with van der Waals surface area (Å²) in [4.78, 5) is 0. The van der Waals surface area contributed by atoms with Crippen molar-refractivity contribution in [2.24, 2.45) is 11.5 Å². The van der Waals surface area contributed by atoms with Gasteiger partial charge in [0.15, 0.2) is 11.1 Å². The van der Waals surface area contributed by atoms with E-state index in [2.05, 4.69) is 0 Å². The van der Waals surface area contributed by atoms with Gasteiger partial charge in [-0.05, 0) is 12.8 Å². The van der Waals surface area contributed by atoms with Crippen molar-refractivity contribution in [3.63, 3.8) is 0 Å². The second-order valence-corrected chi connectivity index (χ2v) is 8.32. The molecule has 0 rings (SSSR count). The van der Waals surface area contributed by atoms with Crippen LogP contribution in [-0.4, -0.2) is 52.6 Å². The van der Waals surface area contributed by atoms with E-state index in [-0.39, 0.29) is 82.7 Å². The van der Waals surface area contributed by atoms with E-state index in [0.29, 0.717) is 12.8 Å². The minimum absolute atomic E-state index is 0. The van der Waals surface area contributed by atoms with Crippen LogP contribution in [0, 0.1) is 0 Å². The summed E-state index contributed by atoms with van der Waals surface area (Å²) in [7, 11) is 3.23. The third kappa shape index (κ3) is 20.8. The summed E-state index contributed by atoms with van der Waals surface area (Å²) < 4.78 is 39.8. The first-order valence-electron chi connectivity index (χ1n) is 5.30. The predicted molar refractivity (Wildman–Crippen MR) is 79.5 cm³/mol. The fourth-order valence-corrected chi connectivity index (χ4v) is 4.41. The Morgan fingerprint density at radius 1 is 1.00 bits per heavy atom. The molecule has 0 radical (unpaired) electrons. The molecule has 110 valence electrons. The molecule has 0 saturated carbocycles. The fourth-order valence-electron chi connectivity index (χ4n) is 1.04. The molecule has 0 aliphatic carbocycles. The van der Waals surface area contributed by atoms with Gasteiger partial charge in [0.05, 0.1) is 5.75 Å². The molecule has 12 heteroatoms. The second kappa shape index (κ2) is 18.2. The smallest absolute Gasteiger partial charge is 0.772 e. The predicted octanol–water partition coefficient (Wildman–Crippen LogP) is -6.09. The minimum atomic E-state index is -2.08. The van der Waals surface area contributed by atoms with Gasteiger partial charge in [-0.25, -0.2) is 4.21 Å². The van der Waals surface area contributed by atoms with Crippen molar-refractivity contribution in [1.82, 2.24) is 0 Å². The van der Waals surface area contributed by atoms with Gasteiger partial charge in [-0.2, -0.15) is 0 Å². The van der Waals surface area contributed by atoms with E-state index in [9.17, 15) is 13.0 Å². The Morgan fingerprint density at radius 3 is 1.75 bits per heavy atom. The number of nitrogens with two attached hydrogens (primary N) is 2. The average Bonchev–Trinajstić information content (AvgIpc) is 2.20. The molecule has 5 N–H and O–H groups in total. The number of hydrogen-bond acceptors (Lipinski definition) is 7. The third-order valence-electron chi connectivity index (χ3n) is 1.93. The largest absolute Gasteiger partial charge is 1.00 e. The third-order valence-corrected chi connectivity index (χ3v) is 5.82. The van der Waals surface area contributed by atoms with Gasteiger partial charge in [-0.1, -0.05) is 32.7 Å². The molecule has 6 nitrogen and oxygen atoms in total. The summed E-state index contributed by atoms with van der Waals surface area (Å²) >= 11 is -3.91. The summed E-state index contributed by atoms with van der Waals surface area (Å²) in [5, 5.41) is 0. The molecule has 0 aromatic heterocycles. The quantitative estimate of drug-likeness (QED) is 0.140. The molecule has 2 unspecified atom stereocenters. The summed E-state index contributed by atoms with van der Waals surface area (Å²) in [5.41, 5.74) is 11.2. The fraction of sp³-hybridized carbons (Fsp3) is 1.00. The van der Waals surface area contributed by atoms with Crippen LogP contribution in [0.25, 0.3) is 0 Å². The average molecular weight is 381 g/mol. The summed E-state index contributed by atoms with van der Waals surface area (Å²) in [6, 6.07) is -0.565. The Hall–Kier alpha value is 2.84. The number of rotatable bonds is 11. The normalized spacial score (nSPS) is 16.4. The van der Waals surface area contributed by atoms with Crippen molar-refractivity contribution in [3.05, 3.63) is 0 Å². The van der Waals surface area contributed by atoms with E-state index in [4.69, 9.17) is 16.0 Å². The van der Waals surface area contributed by atoms with Crippen LogP contribution < -0.4 is 70.6 Å². The topological polar surface area (TPSA) is 129 Å². The summed E-state index contributed by atoms with van der Waals surface area (Å²) in [5.74, 6) is 1.68. The zero-order valence-electron chi connectivity index (χ0n) is 11.9. The van der Waals surface area contributed by atoms with E-state index in [1.165, 1.54) is 0 Å². The summed E-state index contributed by atoms with van der Waals surface area (Å²) in [6.07, 6.45) is 1.33. The van der Waals surface area contributed by atoms with Crippen LogP contribution in [0.4, 0.5) is 0 Å². The van der Waals surface area contributed by atoms with Gasteiger partial charge < -0.3 is 20.6 Å². The van der Waals surface area contributed by atoms with E-state index in [0.717, 1.165) is 11.5 Å². The summed E-state index contributed by atoms with van der Waals surface area (Å²) in [6.45, 7) is 0. The van der Waals surface area contributed by atoms with E-state index >= 15 is 0 Å². The number of hydrogen-bond donors (Lipinski definition) is 3. The Kier molecular flexibility index (Phi) is 25.2. The molecule has 0 spiro atoms. The Labute approximate surface area is 177 Å². The standard InChI is InChI=1S/C8H20N2O4S4.2Na/c9-7(5-17(11)12)1-3-15-16-4-2-8(10)6-18(13)14;;/h7-8H,1-6,9-10H2,(H,11,12)(H,13,14);;/q;2*+1/p-1/t7-,8-;;/m0../s1. The molecule has 0 fully saturated rings. The maximum atomic E-state index is 10.5. The molecule has 20 heavy (non-hydrogen) atoms. The van der Waals surface area contributed by atoms with E-state index in [1.807, 2.05) is 0 Å². The molecule has 0 aromatic rings. The van der Waals surface area contributed by atoms with Crippen LogP contribution in [0.5, 0.6) is 0 Å². The first-order valence-corrected chi connectivity index (χ1v) is 10.3. The van der Waals surface area contributed by atoms with Gasteiger partial charge in [0.25, 0.3) is 0 Å². The maximum absolute atomic E-state index is 10.5. The van der Waals surface area contributed by atoms with Crippen LogP contribution in [0.2, 0.25) is 0 Å². The molecule has 0 amide bonds. The van der Waals surface area contributed by atoms with E-state index < -0.39 is 22.2 Å². The molecule has 0 aliphatic rings. The van der Waals surface area contributed by atoms with Crippen molar-refractivity contribution >= 4 is 43.7 Å². The molecular weight excluding hydrogens is 362 g/mol. The van der Waals surface area contributed by atoms with Gasteiger partial charge in [-0.15, -0.1) is 0 Å². The molecular formula is C8H19N2Na2O4S4+. The van der Waals surface area contributed by atoms with E-state index in [1.54, 1.807) is 21.6 Å². The van der Waals surface area contributed by atoms with Gasteiger partial charge in [0, 0.05) is 29.3 Å². The molecule has 0 aliphatic heterocycles. The molecule has 0 bridgehead atoms. The first-order chi connectivity index (χ1) is 8.41. The van der Waals surface area contributed by atoms with Crippen molar-refractivity contribution in [1.29, 1.82) is 0 Å². The first kappa shape index (κ1) is 27.7. The van der Waals surface area contributed by atoms with Crippen molar-refractivity contribution < 1.29 is 76.6 Å². The second-order valence-electron chi connectivity index (χ2n) is 3.70. The SMILES string of the molecule is N[C@@H](CCSSCC[C@H](N)CS(=O)O)CS(=O)[O-].[Na+].[Na+]. The maximum Gasteiger partial charge on any atom is 1.00 e. The van der Waals surface area contributed by atoms with Crippen molar-refractivity contribution in [2.75, 3.05) is 23.0 Å². The monoisotopic (exact) mass is 381 g/mol. The van der Waals surface area contributed by atoms with Gasteiger partial charge >= 0.3 is 59.1 Å². The van der Waals surface area contributed by atoms with Gasteiger partial charge in [0.1, 0.15) is 0 Å². The van der Waals surface area contributed by atoms with Gasteiger partial charge in [0.2, 0.25) is 0 Å². The van der Waals surface area contributed by atoms with Crippen LogP contribution in [-0.2, 0) is 22.2 Å². The Balaban J connectivity index is -0.00000144. The molecule has 0 saturated heterocycles. The molecule has 0 heterocycles. The molecule has 0 aromatic carbocycles. The van der Waals surface area contributed by atoms with Crippen molar-refractivity contribution in [2.45, 2.75) is 24.9 Å². The Morgan fingerprint density at radius 2 is 1.40 bits per heavy atom. The zero-order chi connectivity index (χ0) is 14.0. The minimum Gasteiger partial charge on any atom is -0.772 e. The van der Waals surface area contributed by atoms with Gasteiger partial charge in [-0.3, -0.25) is 4.21 Å². The van der Waals surface area contributed by atoms with Crippen LogP contribution in [0.15, 0.2) is 0 Å². The van der Waals surface area contributed by atoms with Crippen LogP contribution in [0.1, 0.15) is 12.8 Å².